The zero-order valence-corrected chi connectivity index (χ0v) is 12.7. The maximum Gasteiger partial charge on any atom is 0.148 e. The number of hydrogen-bond acceptors (Lipinski definition) is 5. The molecular weight excluding hydrogens is 276 g/mol. The van der Waals surface area contributed by atoms with Crippen molar-refractivity contribution in [2.24, 2.45) is 0 Å². The van der Waals surface area contributed by atoms with Gasteiger partial charge in [0.05, 0.1) is 17.9 Å². The van der Waals surface area contributed by atoms with Crippen LogP contribution in [0.25, 0.3) is 0 Å². The van der Waals surface area contributed by atoms with E-state index in [9.17, 15) is 8.42 Å². The van der Waals surface area contributed by atoms with Crippen LogP contribution in [0, 0.1) is 11.3 Å². The van der Waals surface area contributed by atoms with E-state index >= 15 is 0 Å². The summed E-state index contributed by atoms with van der Waals surface area (Å²) in [6.07, 6.45) is 2.02. The van der Waals surface area contributed by atoms with Crippen molar-refractivity contribution >= 4 is 9.84 Å². The minimum absolute atomic E-state index is 0.168. The molecule has 0 unspecified atom stereocenters. The van der Waals surface area contributed by atoms with Crippen molar-refractivity contribution in [2.45, 2.75) is 6.42 Å². The van der Waals surface area contributed by atoms with Crippen molar-refractivity contribution in [1.29, 1.82) is 5.26 Å². The van der Waals surface area contributed by atoms with Crippen molar-refractivity contribution in [3.63, 3.8) is 0 Å². The van der Waals surface area contributed by atoms with Crippen molar-refractivity contribution in [3.8, 4) is 11.8 Å². The Hall–Kier alpha value is -1.58. The predicted octanol–water partition coefficient (Wildman–Crippen LogP) is 1.30. The van der Waals surface area contributed by atoms with Gasteiger partial charge in [-0.15, -0.1) is 0 Å². The minimum atomic E-state index is -2.91. The first-order chi connectivity index (χ1) is 9.42. The molecule has 0 spiro atoms. The predicted molar refractivity (Wildman–Crippen MR) is 78.5 cm³/mol. The van der Waals surface area contributed by atoms with Crippen LogP contribution < -0.4 is 4.74 Å². The van der Waals surface area contributed by atoms with Gasteiger partial charge in [-0.2, -0.15) is 5.26 Å². The summed E-state index contributed by atoms with van der Waals surface area (Å²) in [5.74, 6) is 0.760. The molecule has 0 amide bonds. The fourth-order valence-electron chi connectivity index (χ4n) is 1.63. The van der Waals surface area contributed by atoms with Crippen molar-refractivity contribution in [2.75, 3.05) is 38.8 Å². The quantitative estimate of drug-likeness (QED) is 0.676. The molecule has 1 rings (SSSR count). The molecule has 0 heterocycles. The molecule has 0 radical (unpaired) electrons. The average Bonchev–Trinajstić information content (AvgIpc) is 2.41. The second-order valence-corrected chi connectivity index (χ2v) is 7.00. The maximum absolute atomic E-state index is 11.0. The number of benzene rings is 1. The summed E-state index contributed by atoms with van der Waals surface area (Å²) < 4.78 is 27.6. The van der Waals surface area contributed by atoms with E-state index in [1.165, 1.54) is 6.26 Å². The Morgan fingerprint density at radius 1 is 1.30 bits per heavy atom. The van der Waals surface area contributed by atoms with Crippen LogP contribution in [-0.4, -0.2) is 52.1 Å². The molecule has 0 saturated heterocycles. The molecule has 0 aromatic heterocycles. The lowest BCUT2D eigenvalue weighted by atomic mass is 10.2. The number of ether oxygens (including phenoxy) is 1. The normalized spacial score (nSPS) is 11.3. The Morgan fingerprint density at radius 3 is 2.65 bits per heavy atom. The van der Waals surface area contributed by atoms with E-state index in [-0.39, 0.29) is 5.75 Å². The largest absolute Gasteiger partial charge is 0.492 e. The summed E-state index contributed by atoms with van der Waals surface area (Å²) in [7, 11) is -1.03. The van der Waals surface area contributed by atoms with Crippen molar-refractivity contribution in [3.05, 3.63) is 29.8 Å². The van der Waals surface area contributed by atoms with E-state index in [0.717, 1.165) is 13.0 Å². The molecule has 0 N–H and O–H groups in total. The third-order valence-corrected chi connectivity index (χ3v) is 3.72. The van der Waals surface area contributed by atoms with Gasteiger partial charge in [0, 0.05) is 19.3 Å². The third kappa shape index (κ3) is 6.55. The van der Waals surface area contributed by atoms with Gasteiger partial charge in [0.2, 0.25) is 0 Å². The molecule has 0 aliphatic rings. The molecule has 20 heavy (non-hydrogen) atoms. The van der Waals surface area contributed by atoms with E-state index in [1.54, 1.807) is 18.2 Å². The summed E-state index contributed by atoms with van der Waals surface area (Å²) in [6, 6.07) is 9.19. The highest BCUT2D eigenvalue weighted by molar-refractivity contribution is 7.90. The first-order valence-electron chi connectivity index (χ1n) is 6.40. The standard InChI is InChI=1S/C14H20N2O3S/c1-16(9-11-20(2,17)18)8-5-10-19-14-7-4-3-6-13(14)12-15/h3-4,6-7H,5,8-11H2,1-2H3. The molecule has 0 atom stereocenters. The van der Waals surface area contributed by atoms with E-state index < -0.39 is 9.84 Å². The number of rotatable bonds is 8. The highest BCUT2D eigenvalue weighted by Gasteiger charge is 2.06. The maximum atomic E-state index is 11.0. The van der Waals surface area contributed by atoms with Crippen LogP contribution in [0.5, 0.6) is 5.75 Å². The topological polar surface area (TPSA) is 70.4 Å². The zero-order valence-electron chi connectivity index (χ0n) is 11.9. The van der Waals surface area contributed by atoms with Gasteiger partial charge in [-0.1, -0.05) is 12.1 Å². The lowest BCUT2D eigenvalue weighted by molar-refractivity contribution is 0.268. The smallest absolute Gasteiger partial charge is 0.148 e. The van der Waals surface area contributed by atoms with Crippen LogP contribution in [-0.2, 0) is 9.84 Å². The van der Waals surface area contributed by atoms with Crippen LogP contribution in [0.15, 0.2) is 24.3 Å². The summed E-state index contributed by atoms with van der Waals surface area (Å²) in [5, 5.41) is 8.91. The van der Waals surface area contributed by atoms with Crippen LogP contribution >= 0.6 is 0 Å². The van der Waals surface area contributed by atoms with Gasteiger partial charge in [-0.3, -0.25) is 0 Å². The molecule has 110 valence electrons. The second kappa shape index (κ2) is 7.88. The van der Waals surface area contributed by atoms with Gasteiger partial charge >= 0.3 is 0 Å². The molecular formula is C14H20N2O3S. The molecule has 0 fully saturated rings. The Bertz CT molecular complexity index is 564. The highest BCUT2D eigenvalue weighted by Crippen LogP contribution is 2.16. The van der Waals surface area contributed by atoms with Crippen LogP contribution in [0.2, 0.25) is 0 Å². The summed E-state index contributed by atoms with van der Waals surface area (Å²) in [4.78, 5) is 1.96. The molecule has 1 aromatic carbocycles. The van der Waals surface area contributed by atoms with Gasteiger partial charge in [-0.25, -0.2) is 8.42 Å². The number of nitriles is 1. The van der Waals surface area contributed by atoms with Gasteiger partial charge in [0.1, 0.15) is 21.7 Å². The van der Waals surface area contributed by atoms with E-state index in [0.29, 0.717) is 24.5 Å². The zero-order chi connectivity index (χ0) is 15.0. The molecule has 0 saturated carbocycles. The monoisotopic (exact) mass is 296 g/mol. The fourth-order valence-corrected chi connectivity index (χ4v) is 2.28. The summed E-state index contributed by atoms with van der Waals surface area (Å²) in [6.45, 7) is 1.78. The van der Waals surface area contributed by atoms with Crippen LogP contribution in [0.4, 0.5) is 0 Å². The number of sulfone groups is 1. The molecule has 0 aliphatic heterocycles. The van der Waals surface area contributed by atoms with Gasteiger partial charge in [-0.05, 0) is 25.6 Å². The number of hydrogen-bond donors (Lipinski definition) is 0. The Labute approximate surface area is 120 Å². The highest BCUT2D eigenvalue weighted by atomic mass is 32.2. The molecule has 1 aromatic rings. The lowest BCUT2D eigenvalue weighted by Gasteiger charge is -2.16. The first kappa shape index (κ1) is 16.5. The Balaban J connectivity index is 2.27. The summed E-state index contributed by atoms with van der Waals surface area (Å²) in [5.41, 5.74) is 0.526. The van der Waals surface area contributed by atoms with Gasteiger partial charge in [0.25, 0.3) is 0 Å². The van der Waals surface area contributed by atoms with Crippen molar-refractivity contribution in [1.82, 2.24) is 4.90 Å². The first-order valence-corrected chi connectivity index (χ1v) is 8.46. The van der Waals surface area contributed by atoms with Crippen molar-refractivity contribution < 1.29 is 13.2 Å². The van der Waals surface area contributed by atoms with Crippen LogP contribution in [0.1, 0.15) is 12.0 Å². The molecule has 0 bridgehead atoms. The van der Waals surface area contributed by atoms with Gasteiger partial charge < -0.3 is 9.64 Å². The average molecular weight is 296 g/mol. The number of nitrogens with zero attached hydrogens (tertiary/aromatic N) is 2. The minimum Gasteiger partial charge on any atom is -0.492 e. The number of para-hydroxylation sites is 1. The van der Waals surface area contributed by atoms with E-state index in [4.69, 9.17) is 10.00 Å². The van der Waals surface area contributed by atoms with E-state index in [2.05, 4.69) is 6.07 Å². The third-order valence-electron chi connectivity index (χ3n) is 2.79. The molecule has 6 heteroatoms. The molecule has 0 aliphatic carbocycles. The lowest BCUT2D eigenvalue weighted by Crippen LogP contribution is -2.27. The fraction of sp³-hybridized carbons (Fsp3) is 0.500. The summed E-state index contributed by atoms with van der Waals surface area (Å²) >= 11 is 0. The van der Waals surface area contributed by atoms with E-state index in [1.807, 2.05) is 18.0 Å². The second-order valence-electron chi connectivity index (χ2n) is 4.74. The Morgan fingerprint density at radius 2 is 2.00 bits per heavy atom. The molecule has 5 nitrogen and oxygen atoms in total. The SMILES string of the molecule is CN(CCCOc1ccccc1C#N)CCS(C)(=O)=O. The van der Waals surface area contributed by atoms with Crippen LogP contribution in [0.3, 0.4) is 0 Å². The Kier molecular flexibility index (Phi) is 6.49. The van der Waals surface area contributed by atoms with Gasteiger partial charge in [0.15, 0.2) is 0 Å².